The predicted octanol–water partition coefficient (Wildman–Crippen LogP) is 6.11. The van der Waals surface area contributed by atoms with Crippen LogP contribution in [-0.2, 0) is 17.6 Å². The summed E-state index contributed by atoms with van der Waals surface area (Å²) in [6.45, 7) is 3.92. The number of nitriles is 2. The first-order valence-corrected chi connectivity index (χ1v) is 11.5. The summed E-state index contributed by atoms with van der Waals surface area (Å²) in [5.41, 5.74) is 5.21. The third-order valence-corrected chi connectivity index (χ3v) is 7.19. The van der Waals surface area contributed by atoms with Crippen molar-refractivity contribution in [3.05, 3.63) is 73.9 Å². The average Bonchev–Trinajstić information content (AvgIpc) is 3.28. The van der Waals surface area contributed by atoms with E-state index in [1.54, 1.807) is 6.08 Å². The molecule has 160 valence electrons. The summed E-state index contributed by atoms with van der Waals surface area (Å²) in [6, 6.07) is 13.7. The predicted molar refractivity (Wildman–Crippen MR) is 128 cm³/mol. The van der Waals surface area contributed by atoms with Gasteiger partial charge in [0.25, 0.3) is 5.91 Å². The normalized spacial score (nSPS) is 13.2. The van der Waals surface area contributed by atoms with Crippen LogP contribution in [0.15, 0.2) is 35.9 Å². The van der Waals surface area contributed by atoms with Gasteiger partial charge in [0.05, 0.1) is 5.56 Å². The fraction of sp³-hybridized carbons (Fsp3) is 0.240. The van der Waals surface area contributed by atoms with Gasteiger partial charge < -0.3 is 9.88 Å². The van der Waals surface area contributed by atoms with Crippen molar-refractivity contribution in [1.29, 1.82) is 10.5 Å². The number of carbonyl (C=O) groups is 1. The molecule has 0 aliphatic heterocycles. The lowest BCUT2D eigenvalue weighted by Crippen LogP contribution is -2.13. The van der Waals surface area contributed by atoms with Gasteiger partial charge in [0.1, 0.15) is 22.7 Å². The van der Waals surface area contributed by atoms with Gasteiger partial charge in [-0.3, -0.25) is 4.79 Å². The lowest BCUT2D eigenvalue weighted by Gasteiger charge is -2.09. The second-order valence-electron chi connectivity index (χ2n) is 7.79. The summed E-state index contributed by atoms with van der Waals surface area (Å²) in [4.78, 5) is 14.1. The van der Waals surface area contributed by atoms with Crippen LogP contribution in [0.1, 0.15) is 45.8 Å². The molecule has 1 aromatic carbocycles. The zero-order valence-electron chi connectivity index (χ0n) is 17.8. The van der Waals surface area contributed by atoms with Crippen molar-refractivity contribution in [3.8, 4) is 17.8 Å². The Kier molecular flexibility index (Phi) is 6.19. The molecular formula is C25H21ClN4OS. The summed E-state index contributed by atoms with van der Waals surface area (Å²) >= 11 is 7.46. The Bertz CT molecular complexity index is 1320. The van der Waals surface area contributed by atoms with Gasteiger partial charge in [-0.1, -0.05) is 11.6 Å². The van der Waals surface area contributed by atoms with Crippen LogP contribution in [0.5, 0.6) is 0 Å². The number of hydrogen-bond acceptors (Lipinski definition) is 4. The van der Waals surface area contributed by atoms with Gasteiger partial charge in [-0.25, -0.2) is 0 Å². The van der Waals surface area contributed by atoms with Crippen LogP contribution < -0.4 is 5.32 Å². The van der Waals surface area contributed by atoms with Crippen LogP contribution in [0.3, 0.4) is 0 Å². The minimum absolute atomic E-state index is 0.00313. The lowest BCUT2D eigenvalue weighted by molar-refractivity contribution is -0.112. The van der Waals surface area contributed by atoms with Crippen LogP contribution in [0.25, 0.3) is 11.8 Å². The smallest absolute Gasteiger partial charge is 0.266 e. The average molecular weight is 461 g/mol. The number of aryl methyl sites for hydroxylation is 2. The maximum atomic E-state index is 12.9. The molecule has 0 fully saturated rings. The molecule has 0 unspecified atom stereocenters. The van der Waals surface area contributed by atoms with Gasteiger partial charge in [-0.2, -0.15) is 10.5 Å². The van der Waals surface area contributed by atoms with Gasteiger partial charge in [0.2, 0.25) is 0 Å². The fourth-order valence-corrected chi connectivity index (χ4v) is 5.53. The van der Waals surface area contributed by atoms with E-state index in [0.29, 0.717) is 15.6 Å². The summed E-state index contributed by atoms with van der Waals surface area (Å²) in [7, 11) is 0. The number of halogens is 1. The molecule has 0 saturated carbocycles. The van der Waals surface area contributed by atoms with Crippen molar-refractivity contribution in [3.63, 3.8) is 0 Å². The molecule has 3 aromatic rings. The number of thiophene rings is 1. The Hall–Kier alpha value is -3.32. The summed E-state index contributed by atoms with van der Waals surface area (Å²) < 4.78 is 2.05. The summed E-state index contributed by atoms with van der Waals surface area (Å²) in [5, 5.41) is 23.3. The zero-order chi connectivity index (χ0) is 22.8. The van der Waals surface area contributed by atoms with Crippen molar-refractivity contribution >= 4 is 39.9 Å². The highest BCUT2D eigenvalue weighted by Gasteiger charge is 2.23. The lowest BCUT2D eigenvalue weighted by atomic mass is 9.96. The number of carbonyl (C=O) groups excluding carboxylic acids is 1. The topological polar surface area (TPSA) is 81.6 Å². The highest BCUT2D eigenvalue weighted by atomic mass is 35.5. The first-order valence-electron chi connectivity index (χ1n) is 10.4. The van der Waals surface area contributed by atoms with Crippen LogP contribution in [0.2, 0.25) is 5.02 Å². The van der Waals surface area contributed by atoms with Gasteiger partial charge in [0.15, 0.2) is 0 Å². The standard InChI is InChI=1S/C25H21ClN4OS/c1-15-11-17(16(2)30(15)20-9-7-19(26)8-10-20)12-18(13-27)24(31)29-25-22(14-28)21-5-3-4-6-23(21)32-25/h7-12H,3-6H2,1-2H3,(H,29,31)/b18-12-. The van der Waals surface area contributed by atoms with Crippen LogP contribution >= 0.6 is 22.9 Å². The molecule has 4 rings (SSSR count). The quantitative estimate of drug-likeness (QED) is 0.377. The maximum absolute atomic E-state index is 12.9. The molecule has 0 saturated heterocycles. The molecule has 1 amide bonds. The van der Waals surface area contributed by atoms with Crippen molar-refractivity contribution in [2.24, 2.45) is 0 Å². The molecule has 0 bridgehead atoms. The third kappa shape index (κ3) is 4.08. The van der Waals surface area contributed by atoms with E-state index < -0.39 is 5.91 Å². The Balaban J connectivity index is 1.64. The van der Waals surface area contributed by atoms with Gasteiger partial charge in [0, 0.05) is 27.0 Å². The van der Waals surface area contributed by atoms with Crippen LogP contribution in [-0.4, -0.2) is 10.5 Å². The molecule has 32 heavy (non-hydrogen) atoms. The first-order chi connectivity index (χ1) is 15.4. The molecule has 0 radical (unpaired) electrons. The Morgan fingerprint density at radius 1 is 1.19 bits per heavy atom. The van der Waals surface area contributed by atoms with Gasteiger partial charge in [-0.05, 0) is 87.1 Å². The van der Waals surface area contributed by atoms with Crippen molar-refractivity contribution < 1.29 is 4.79 Å². The second-order valence-corrected chi connectivity index (χ2v) is 9.33. The number of hydrogen-bond donors (Lipinski definition) is 1. The molecule has 1 N–H and O–H groups in total. The highest BCUT2D eigenvalue weighted by molar-refractivity contribution is 7.16. The number of aromatic nitrogens is 1. The van der Waals surface area contributed by atoms with E-state index in [2.05, 4.69) is 16.0 Å². The fourth-order valence-electron chi connectivity index (χ4n) is 4.17. The van der Waals surface area contributed by atoms with E-state index in [1.807, 2.05) is 50.2 Å². The molecule has 0 atom stereocenters. The molecule has 1 aliphatic rings. The molecule has 2 aromatic heterocycles. The number of rotatable bonds is 4. The summed E-state index contributed by atoms with van der Waals surface area (Å²) in [6.07, 6.45) is 5.55. The zero-order valence-corrected chi connectivity index (χ0v) is 19.4. The SMILES string of the molecule is Cc1cc(/C=C(/C#N)C(=O)Nc2sc3c(c2C#N)CCCC3)c(C)n1-c1ccc(Cl)cc1. The maximum Gasteiger partial charge on any atom is 0.266 e. The number of anilines is 1. The third-order valence-electron chi connectivity index (χ3n) is 5.73. The molecule has 1 aliphatic carbocycles. The van der Waals surface area contributed by atoms with E-state index in [0.717, 1.165) is 58.8 Å². The van der Waals surface area contributed by atoms with Crippen molar-refractivity contribution in [2.45, 2.75) is 39.5 Å². The Morgan fingerprint density at radius 3 is 2.59 bits per heavy atom. The van der Waals surface area contributed by atoms with Crippen LogP contribution in [0, 0.1) is 36.5 Å². The molecule has 0 spiro atoms. The number of fused-ring (bicyclic) bond motifs is 1. The number of benzene rings is 1. The monoisotopic (exact) mass is 460 g/mol. The number of nitrogens with one attached hydrogen (secondary N) is 1. The summed E-state index contributed by atoms with van der Waals surface area (Å²) in [5.74, 6) is -0.501. The molecule has 2 heterocycles. The van der Waals surface area contributed by atoms with Crippen LogP contribution in [0.4, 0.5) is 5.00 Å². The van der Waals surface area contributed by atoms with Gasteiger partial charge >= 0.3 is 0 Å². The molecule has 5 nitrogen and oxygen atoms in total. The number of nitrogens with zero attached hydrogens (tertiary/aromatic N) is 3. The highest BCUT2D eigenvalue weighted by Crippen LogP contribution is 2.37. The van der Waals surface area contributed by atoms with Crippen molar-refractivity contribution in [2.75, 3.05) is 5.32 Å². The number of amides is 1. The Labute approximate surface area is 196 Å². The molecular weight excluding hydrogens is 440 g/mol. The van der Waals surface area contributed by atoms with E-state index in [9.17, 15) is 15.3 Å². The van der Waals surface area contributed by atoms with Gasteiger partial charge in [-0.15, -0.1) is 11.3 Å². The Morgan fingerprint density at radius 2 is 1.91 bits per heavy atom. The molecule has 7 heteroatoms. The van der Waals surface area contributed by atoms with Crippen molar-refractivity contribution in [1.82, 2.24) is 4.57 Å². The minimum Gasteiger partial charge on any atom is -0.318 e. The minimum atomic E-state index is -0.501. The van der Waals surface area contributed by atoms with E-state index in [1.165, 1.54) is 11.3 Å². The largest absolute Gasteiger partial charge is 0.318 e. The van der Waals surface area contributed by atoms with E-state index >= 15 is 0 Å². The first kappa shape index (κ1) is 21.9. The van der Waals surface area contributed by atoms with E-state index in [4.69, 9.17) is 11.6 Å². The van der Waals surface area contributed by atoms with E-state index in [-0.39, 0.29) is 5.57 Å². The second kappa shape index (κ2) is 9.04.